The maximum Gasteiger partial charge on any atom is 0.419 e. The van der Waals surface area contributed by atoms with Crippen molar-refractivity contribution in [1.29, 1.82) is 0 Å². The van der Waals surface area contributed by atoms with Gasteiger partial charge in [0.05, 0.1) is 5.52 Å². The summed E-state index contributed by atoms with van der Waals surface area (Å²) >= 11 is 5.49. The van der Waals surface area contributed by atoms with Crippen molar-refractivity contribution in [3.8, 4) is 0 Å². The van der Waals surface area contributed by atoms with Gasteiger partial charge in [-0.1, -0.05) is 6.07 Å². The highest BCUT2D eigenvalue weighted by Gasteiger charge is 2.10. The van der Waals surface area contributed by atoms with Crippen LogP contribution in [0.3, 0.4) is 0 Å². The second kappa shape index (κ2) is 4.86. The van der Waals surface area contributed by atoms with Gasteiger partial charge in [-0.3, -0.25) is 9.36 Å². The van der Waals surface area contributed by atoms with E-state index in [1.165, 1.54) is 9.47 Å². The van der Waals surface area contributed by atoms with Crippen molar-refractivity contribution in [3.05, 3.63) is 34.3 Å². The molecule has 0 saturated carbocycles. The second-order valence-electron chi connectivity index (χ2n) is 4.11. The molecule has 1 aromatic carbocycles. The molecule has 0 atom stereocenters. The minimum Gasteiger partial charge on any atom is -0.408 e. The van der Waals surface area contributed by atoms with Gasteiger partial charge in [-0.15, -0.1) is 11.6 Å². The molecule has 96 valence electrons. The fourth-order valence-corrected chi connectivity index (χ4v) is 1.94. The van der Waals surface area contributed by atoms with E-state index in [2.05, 4.69) is 0 Å². The van der Waals surface area contributed by atoms with Crippen molar-refractivity contribution < 1.29 is 9.21 Å². The number of alkyl halides is 1. The van der Waals surface area contributed by atoms with Crippen LogP contribution >= 0.6 is 11.6 Å². The van der Waals surface area contributed by atoms with Crippen LogP contribution in [0.15, 0.2) is 27.4 Å². The van der Waals surface area contributed by atoms with Gasteiger partial charge < -0.3 is 9.32 Å². The van der Waals surface area contributed by atoms with Crippen LogP contribution in [-0.2, 0) is 18.4 Å². The third-order valence-corrected chi connectivity index (χ3v) is 3.04. The Labute approximate surface area is 109 Å². The van der Waals surface area contributed by atoms with Gasteiger partial charge in [0.2, 0.25) is 5.91 Å². The summed E-state index contributed by atoms with van der Waals surface area (Å²) in [6, 6.07) is 5.38. The highest BCUT2D eigenvalue weighted by atomic mass is 35.5. The summed E-state index contributed by atoms with van der Waals surface area (Å²) in [6.45, 7) is 0.445. The largest absolute Gasteiger partial charge is 0.419 e. The molecule has 0 spiro atoms. The quantitative estimate of drug-likeness (QED) is 0.789. The fourth-order valence-electron chi connectivity index (χ4n) is 1.73. The molecular formula is C12H13ClN2O3. The fraction of sp³-hybridized carbons (Fsp3) is 0.333. The van der Waals surface area contributed by atoms with Gasteiger partial charge in [0.1, 0.15) is 5.88 Å². The third-order valence-electron chi connectivity index (χ3n) is 2.82. The molecule has 0 saturated heterocycles. The normalized spacial score (nSPS) is 10.8. The predicted octanol–water partition coefficient (Wildman–Crippen LogP) is 1.33. The number of benzene rings is 1. The third kappa shape index (κ3) is 2.26. The number of nitrogens with zero attached hydrogens (tertiary/aromatic N) is 2. The topological polar surface area (TPSA) is 55.5 Å². The number of oxazole rings is 1. The molecule has 2 rings (SSSR count). The van der Waals surface area contributed by atoms with Crippen molar-refractivity contribution in [1.82, 2.24) is 9.47 Å². The minimum absolute atomic E-state index is 0.0387. The Morgan fingerprint density at radius 2 is 2.22 bits per heavy atom. The Kier molecular flexibility index (Phi) is 3.43. The van der Waals surface area contributed by atoms with E-state index in [9.17, 15) is 9.59 Å². The number of fused-ring (bicyclic) bond motifs is 1. The van der Waals surface area contributed by atoms with Gasteiger partial charge in [-0.05, 0) is 17.7 Å². The Morgan fingerprint density at radius 3 is 2.89 bits per heavy atom. The van der Waals surface area contributed by atoms with Gasteiger partial charge >= 0.3 is 5.76 Å². The van der Waals surface area contributed by atoms with Crippen LogP contribution in [0.4, 0.5) is 0 Å². The van der Waals surface area contributed by atoms with Crippen LogP contribution < -0.4 is 5.76 Å². The van der Waals surface area contributed by atoms with Gasteiger partial charge in [0.25, 0.3) is 0 Å². The summed E-state index contributed by atoms with van der Waals surface area (Å²) in [5.41, 5.74) is 2.17. The number of hydrogen-bond donors (Lipinski definition) is 0. The van der Waals surface area contributed by atoms with Gasteiger partial charge in [-0.25, -0.2) is 4.79 Å². The lowest BCUT2D eigenvalue weighted by molar-refractivity contribution is -0.127. The molecule has 1 aromatic heterocycles. The minimum atomic E-state index is -0.396. The lowest BCUT2D eigenvalue weighted by Crippen LogP contribution is -2.27. The van der Waals surface area contributed by atoms with Crippen molar-refractivity contribution in [2.75, 3.05) is 12.9 Å². The number of carbonyl (C=O) groups excluding carboxylic acids is 1. The average Bonchev–Trinajstić information content (AvgIpc) is 2.64. The van der Waals surface area contributed by atoms with Crippen LogP contribution in [0.25, 0.3) is 11.1 Å². The summed E-state index contributed by atoms with van der Waals surface area (Å²) in [4.78, 5) is 24.2. The maximum atomic E-state index is 11.4. The standard InChI is InChI=1S/C12H13ClN2O3/c1-14(11(16)6-13)7-8-3-4-10-9(5-8)15(2)12(17)18-10/h3-5H,6-7H2,1-2H3. The number of amides is 1. The van der Waals surface area contributed by atoms with Crippen LogP contribution in [0.5, 0.6) is 0 Å². The predicted molar refractivity (Wildman–Crippen MR) is 68.6 cm³/mol. The Hall–Kier alpha value is -1.75. The zero-order valence-electron chi connectivity index (χ0n) is 10.1. The van der Waals surface area contributed by atoms with E-state index in [0.717, 1.165) is 5.56 Å². The lowest BCUT2D eigenvalue weighted by atomic mass is 10.2. The summed E-state index contributed by atoms with van der Waals surface area (Å²) in [5, 5.41) is 0. The molecule has 0 unspecified atom stereocenters. The molecule has 2 aromatic rings. The summed E-state index contributed by atoms with van der Waals surface area (Å²) < 4.78 is 6.47. The van der Waals surface area contributed by atoms with Crippen LogP contribution in [0.2, 0.25) is 0 Å². The number of rotatable bonds is 3. The van der Waals surface area contributed by atoms with Crippen molar-refractivity contribution in [3.63, 3.8) is 0 Å². The highest BCUT2D eigenvalue weighted by Crippen LogP contribution is 2.15. The van der Waals surface area contributed by atoms with E-state index in [0.29, 0.717) is 17.6 Å². The van der Waals surface area contributed by atoms with E-state index < -0.39 is 5.76 Å². The summed E-state index contributed by atoms with van der Waals surface area (Å²) in [5.74, 6) is -0.576. The molecular weight excluding hydrogens is 256 g/mol. The molecule has 0 aliphatic rings. The molecule has 18 heavy (non-hydrogen) atoms. The zero-order chi connectivity index (χ0) is 13.3. The first-order chi connectivity index (χ1) is 8.52. The van der Waals surface area contributed by atoms with E-state index in [1.807, 2.05) is 12.1 Å². The van der Waals surface area contributed by atoms with Crippen molar-refractivity contribution in [2.45, 2.75) is 6.54 Å². The molecule has 1 amide bonds. The average molecular weight is 269 g/mol. The Balaban J connectivity index is 2.33. The molecule has 6 heteroatoms. The van der Waals surface area contributed by atoms with Crippen molar-refractivity contribution >= 4 is 28.6 Å². The molecule has 0 bridgehead atoms. The zero-order valence-corrected chi connectivity index (χ0v) is 10.9. The Morgan fingerprint density at radius 1 is 1.50 bits per heavy atom. The molecule has 1 heterocycles. The number of halogens is 1. The van der Waals surface area contributed by atoms with Gasteiger partial charge in [0, 0.05) is 20.6 Å². The number of carbonyl (C=O) groups is 1. The highest BCUT2D eigenvalue weighted by molar-refractivity contribution is 6.27. The monoisotopic (exact) mass is 268 g/mol. The molecule has 0 aliphatic carbocycles. The number of hydrogen-bond acceptors (Lipinski definition) is 3. The smallest absolute Gasteiger partial charge is 0.408 e. The molecule has 0 aliphatic heterocycles. The van der Waals surface area contributed by atoms with Gasteiger partial charge in [0.15, 0.2) is 5.58 Å². The van der Waals surface area contributed by atoms with E-state index in [4.69, 9.17) is 16.0 Å². The number of aromatic nitrogens is 1. The Bertz CT molecular complexity index is 644. The molecule has 0 fully saturated rings. The van der Waals surface area contributed by atoms with E-state index in [1.54, 1.807) is 20.2 Å². The van der Waals surface area contributed by atoms with E-state index in [-0.39, 0.29) is 11.8 Å². The van der Waals surface area contributed by atoms with Gasteiger partial charge in [-0.2, -0.15) is 0 Å². The van der Waals surface area contributed by atoms with Crippen LogP contribution in [0, 0.1) is 0 Å². The lowest BCUT2D eigenvalue weighted by Gasteiger charge is -2.15. The van der Waals surface area contributed by atoms with E-state index >= 15 is 0 Å². The van der Waals surface area contributed by atoms with Crippen LogP contribution in [0.1, 0.15) is 5.56 Å². The SMILES string of the molecule is CN(Cc1ccc2oc(=O)n(C)c2c1)C(=O)CCl. The second-order valence-corrected chi connectivity index (χ2v) is 4.38. The molecule has 0 radical (unpaired) electrons. The first-order valence-corrected chi connectivity index (χ1v) is 5.94. The number of aryl methyl sites for hydroxylation is 1. The first-order valence-electron chi connectivity index (χ1n) is 5.41. The van der Waals surface area contributed by atoms with Crippen molar-refractivity contribution in [2.24, 2.45) is 7.05 Å². The summed E-state index contributed by atoms with van der Waals surface area (Å²) in [6.07, 6.45) is 0. The van der Waals surface area contributed by atoms with Crippen LogP contribution in [-0.4, -0.2) is 28.3 Å². The summed E-state index contributed by atoms with van der Waals surface area (Å²) in [7, 11) is 3.33. The maximum absolute atomic E-state index is 11.4. The molecule has 0 N–H and O–H groups in total. The molecule has 5 nitrogen and oxygen atoms in total. The first kappa shape index (κ1) is 12.7.